The smallest absolute Gasteiger partial charge is 0.258 e. The Morgan fingerprint density at radius 1 is 1.38 bits per heavy atom. The predicted molar refractivity (Wildman–Crippen MR) is 75.6 cm³/mol. The maximum Gasteiger partial charge on any atom is 0.258 e. The average molecular weight is 288 g/mol. The number of rotatable bonds is 6. The van der Waals surface area contributed by atoms with E-state index >= 15 is 0 Å². The highest BCUT2D eigenvalue weighted by molar-refractivity contribution is 5.95. The Bertz CT molecular complexity index is 651. The van der Waals surface area contributed by atoms with Crippen LogP contribution in [-0.2, 0) is 11.3 Å². The lowest BCUT2D eigenvalue weighted by Gasteiger charge is -2.09. The van der Waals surface area contributed by atoms with Crippen LogP contribution < -0.4 is 15.8 Å². The summed E-state index contributed by atoms with van der Waals surface area (Å²) in [5.41, 5.74) is 7.28. The zero-order valence-corrected chi connectivity index (χ0v) is 11.6. The first-order valence-corrected chi connectivity index (χ1v) is 6.35. The van der Waals surface area contributed by atoms with Crippen molar-refractivity contribution in [1.82, 2.24) is 15.5 Å². The van der Waals surface area contributed by atoms with E-state index in [1.165, 1.54) is 0 Å². The molecule has 0 saturated heterocycles. The number of nitrogens with zero attached hydrogens (tertiary/aromatic N) is 1. The van der Waals surface area contributed by atoms with Gasteiger partial charge in [-0.2, -0.15) is 5.10 Å². The first-order chi connectivity index (χ1) is 10.1. The Kier molecular flexibility index (Phi) is 4.55. The van der Waals surface area contributed by atoms with E-state index < -0.39 is 5.91 Å². The summed E-state index contributed by atoms with van der Waals surface area (Å²) in [7, 11) is 0. The van der Waals surface area contributed by atoms with Crippen LogP contribution in [0.2, 0.25) is 0 Å². The van der Waals surface area contributed by atoms with Crippen LogP contribution in [0, 0.1) is 6.92 Å². The molecule has 0 aliphatic rings. The zero-order chi connectivity index (χ0) is 15.2. The number of primary amides is 1. The molecule has 2 rings (SSSR count). The van der Waals surface area contributed by atoms with Crippen molar-refractivity contribution in [3.8, 4) is 5.75 Å². The molecule has 1 aromatic carbocycles. The summed E-state index contributed by atoms with van der Waals surface area (Å²) in [5, 5.41) is 9.36. The third-order valence-corrected chi connectivity index (χ3v) is 2.92. The van der Waals surface area contributed by atoms with Crippen LogP contribution >= 0.6 is 0 Å². The van der Waals surface area contributed by atoms with E-state index in [2.05, 4.69) is 15.5 Å². The number of carbonyl (C=O) groups excluding carboxylic acids is 2. The van der Waals surface area contributed by atoms with Gasteiger partial charge in [0.2, 0.25) is 0 Å². The SMILES string of the molecule is Cc1[nH]ncc1CNC(=O)COc1ccccc1C(N)=O. The van der Waals surface area contributed by atoms with Crippen LogP contribution in [-0.4, -0.2) is 28.6 Å². The number of para-hydroxylation sites is 1. The van der Waals surface area contributed by atoms with E-state index in [4.69, 9.17) is 10.5 Å². The third kappa shape index (κ3) is 3.82. The van der Waals surface area contributed by atoms with E-state index in [-0.39, 0.29) is 18.1 Å². The van der Waals surface area contributed by atoms with Gasteiger partial charge in [-0.3, -0.25) is 14.7 Å². The summed E-state index contributed by atoms with van der Waals surface area (Å²) < 4.78 is 5.32. The monoisotopic (exact) mass is 288 g/mol. The van der Waals surface area contributed by atoms with E-state index in [1.807, 2.05) is 6.92 Å². The molecule has 0 spiro atoms. The van der Waals surface area contributed by atoms with Crippen LogP contribution in [0.4, 0.5) is 0 Å². The molecular formula is C14H16N4O3. The van der Waals surface area contributed by atoms with Crippen molar-refractivity contribution in [1.29, 1.82) is 0 Å². The second kappa shape index (κ2) is 6.56. The molecule has 21 heavy (non-hydrogen) atoms. The van der Waals surface area contributed by atoms with Crippen LogP contribution in [0.1, 0.15) is 21.6 Å². The molecule has 0 bridgehead atoms. The fraction of sp³-hybridized carbons (Fsp3) is 0.214. The molecule has 0 aliphatic carbocycles. The number of aromatic amines is 1. The number of benzene rings is 1. The van der Waals surface area contributed by atoms with Crippen LogP contribution in [0.15, 0.2) is 30.5 Å². The number of nitrogens with two attached hydrogens (primary N) is 1. The minimum atomic E-state index is -0.597. The Morgan fingerprint density at radius 2 is 2.14 bits per heavy atom. The van der Waals surface area contributed by atoms with E-state index in [1.54, 1.807) is 30.5 Å². The van der Waals surface area contributed by atoms with E-state index in [0.29, 0.717) is 12.3 Å². The second-order valence-electron chi connectivity index (χ2n) is 4.45. The molecular weight excluding hydrogens is 272 g/mol. The highest BCUT2D eigenvalue weighted by Crippen LogP contribution is 2.16. The average Bonchev–Trinajstić information content (AvgIpc) is 2.88. The number of hydrogen-bond acceptors (Lipinski definition) is 4. The summed E-state index contributed by atoms with van der Waals surface area (Å²) in [6, 6.07) is 6.52. The fourth-order valence-corrected chi connectivity index (χ4v) is 1.74. The molecule has 7 nitrogen and oxygen atoms in total. The Morgan fingerprint density at radius 3 is 2.81 bits per heavy atom. The van der Waals surface area contributed by atoms with Gasteiger partial charge in [-0.25, -0.2) is 0 Å². The molecule has 2 aromatic rings. The number of aryl methyl sites for hydroxylation is 1. The van der Waals surface area contributed by atoms with Gasteiger partial charge in [-0.15, -0.1) is 0 Å². The predicted octanol–water partition coefficient (Wildman–Crippen LogP) is 0.512. The number of aromatic nitrogens is 2. The van der Waals surface area contributed by atoms with Gasteiger partial charge in [0.1, 0.15) is 5.75 Å². The summed E-state index contributed by atoms with van der Waals surface area (Å²) in [5.74, 6) is -0.602. The minimum Gasteiger partial charge on any atom is -0.483 e. The standard InChI is InChI=1S/C14H16N4O3/c1-9-10(7-17-18-9)6-16-13(19)8-21-12-5-3-2-4-11(12)14(15)20/h2-5,7H,6,8H2,1H3,(H2,15,20)(H,16,19)(H,17,18). The quantitative estimate of drug-likeness (QED) is 0.719. The van der Waals surface area contributed by atoms with Crippen LogP contribution in [0.25, 0.3) is 0 Å². The molecule has 7 heteroatoms. The van der Waals surface area contributed by atoms with E-state index in [9.17, 15) is 9.59 Å². The lowest BCUT2D eigenvalue weighted by atomic mass is 10.2. The van der Waals surface area contributed by atoms with Crippen molar-refractivity contribution < 1.29 is 14.3 Å². The van der Waals surface area contributed by atoms with Crippen molar-refractivity contribution in [2.75, 3.05) is 6.61 Å². The molecule has 0 aliphatic heterocycles. The van der Waals surface area contributed by atoms with Crippen molar-refractivity contribution >= 4 is 11.8 Å². The van der Waals surface area contributed by atoms with Gasteiger partial charge in [0.25, 0.3) is 11.8 Å². The number of carbonyl (C=O) groups is 2. The van der Waals surface area contributed by atoms with Crippen LogP contribution in [0.3, 0.4) is 0 Å². The largest absolute Gasteiger partial charge is 0.483 e. The lowest BCUT2D eigenvalue weighted by molar-refractivity contribution is -0.123. The fourth-order valence-electron chi connectivity index (χ4n) is 1.74. The minimum absolute atomic E-state index is 0.193. The first-order valence-electron chi connectivity index (χ1n) is 6.35. The van der Waals surface area contributed by atoms with Gasteiger partial charge in [0.15, 0.2) is 6.61 Å². The molecule has 4 N–H and O–H groups in total. The van der Waals surface area contributed by atoms with E-state index in [0.717, 1.165) is 11.3 Å². The second-order valence-corrected chi connectivity index (χ2v) is 4.45. The zero-order valence-electron chi connectivity index (χ0n) is 11.6. The molecule has 2 amide bonds. The summed E-state index contributed by atoms with van der Waals surface area (Å²) in [4.78, 5) is 22.9. The molecule has 1 heterocycles. The molecule has 110 valence electrons. The van der Waals surface area contributed by atoms with Gasteiger partial charge in [-0.05, 0) is 19.1 Å². The number of H-pyrrole nitrogens is 1. The van der Waals surface area contributed by atoms with Crippen LogP contribution in [0.5, 0.6) is 5.75 Å². The topological polar surface area (TPSA) is 110 Å². The Labute approximate surface area is 121 Å². The molecule has 0 radical (unpaired) electrons. The van der Waals surface area contributed by atoms with Gasteiger partial charge >= 0.3 is 0 Å². The highest BCUT2D eigenvalue weighted by atomic mass is 16.5. The lowest BCUT2D eigenvalue weighted by Crippen LogP contribution is -2.29. The first kappa shape index (κ1) is 14.6. The summed E-state index contributed by atoms with van der Waals surface area (Å²) in [6.45, 7) is 2.04. The summed E-state index contributed by atoms with van der Waals surface area (Å²) >= 11 is 0. The van der Waals surface area contributed by atoms with Gasteiger partial charge < -0.3 is 15.8 Å². The van der Waals surface area contributed by atoms with Crippen molar-refractivity contribution in [3.63, 3.8) is 0 Å². The normalized spacial score (nSPS) is 10.1. The summed E-state index contributed by atoms with van der Waals surface area (Å²) in [6.07, 6.45) is 1.65. The van der Waals surface area contributed by atoms with Crippen molar-refractivity contribution in [3.05, 3.63) is 47.3 Å². The third-order valence-electron chi connectivity index (χ3n) is 2.92. The molecule has 1 aromatic heterocycles. The maximum atomic E-state index is 11.7. The molecule has 0 unspecified atom stereocenters. The Balaban J connectivity index is 1.87. The maximum absolute atomic E-state index is 11.7. The number of hydrogen-bond donors (Lipinski definition) is 3. The number of ether oxygens (including phenoxy) is 1. The van der Waals surface area contributed by atoms with Gasteiger partial charge in [-0.1, -0.05) is 12.1 Å². The number of nitrogens with one attached hydrogen (secondary N) is 2. The van der Waals surface area contributed by atoms with Crippen molar-refractivity contribution in [2.45, 2.75) is 13.5 Å². The molecule has 0 fully saturated rings. The highest BCUT2D eigenvalue weighted by Gasteiger charge is 2.10. The molecule has 0 saturated carbocycles. The molecule has 0 atom stereocenters. The van der Waals surface area contributed by atoms with Crippen molar-refractivity contribution in [2.24, 2.45) is 5.73 Å². The Hall–Kier alpha value is -2.83. The van der Waals surface area contributed by atoms with Gasteiger partial charge in [0, 0.05) is 17.8 Å². The van der Waals surface area contributed by atoms with Gasteiger partial charge in [0.05, 0.1) is 11.8 Å². The number of amides is 2.